The third-order valence-corrected chi connectivity index (χ3v) is 7.16. The molecule has 1 heterocycles. The molecule has 1 aliphatic rings. The third-order valence-electron chi connectivity index (χ3n) is 7.16. The fourth-order valence-corrected chi connectivity index (χ4v) is 5.17. The van der Waals surface area contributed by atoms with Gasteiger partial charge in [0.05, 0.1) is 12.6 Å². The van der Waals surface area contributed by atoms with E-state index in [2.05, 4.69) is 15.6 Å². The lowest BCUT2D eigenvalue weighted by atomic mass is 9.78. The molecule has 190 valence electrons. The second-order valence-electron chi connectivity index (χ2n) is 9.48. The Kier molecular flexibility index (Phi) is 7.16. The zero-order valence-electron chi connectivity index (χ0n) is 21.0. The molecule has 1 aromatic heterocycles. The molecule has 8 nitrogen and oxygen atoms in total. The summed E-state index contributed by atoms with van der Waals surface area (Å²) in [7, 11) is 1.61. The van der Waals surface area contributed by atoms with Crippen LogP contribution in [0.5, 0.6) is 5.75 Å². The Hall–Kier alpha value is -4.20. The maximum absolute atomic E-state index is 14.0. The number of aromatic nitrogens is 3. The quantitative estimate of drug-likeness (QED) is 0.377. The van der Waals surface area contributed by atoms with Gasteiger partial charge in [0.15, 0.2) is 0 Å². The van der Waals surface area contributed by atoms with Crippen LogP contribution in [0.15, 0.2) is 78.9 Å². The number of anilines is 1. The Bertz CT molecular complexity index is 1360. The van der Waals surface area contributed by atoms with Crippen LogP contribution in [0.1, 0.15) is 37.7 Å². The van der Waals surface area contributed by atoms with Gasteiger partial charge in [-0.1, -0.05) is 66.9 Å². The smallest absolute Gasteiger partial charge is 0.250 e. The van der Waals surface area contributed by atoms with Crippen molar-refractivity contribution < 1.29 is 14.3 Å². The van der Waals surface area contributed by atoms with Gasteiger partial charge in [0.25, 0.3) is 0 Å². The maximum Gasteiger partial charge on any atom is 0.250 e. The highest BCUT2D eigenvalue weighted by Gasteiger charge is 2.47. The van der Waals surface area contributed by atoms with E-state index in [9.17, 15) is 9.59 Å². The van der Waals surface area contributed by atoms with Crippen LogP contribution in [-0.2, 0) is 22.7 Å². The van der Waals surface area contributed by atoms with Gasteiger partial charge in [-0.15, -0.1) is 5.10 Å². The van der Waals surface area contributed by atoms with Crippen molar-refractivity contribution in [1.29, 1.82) is 0 Å². The number of para-hydroxylation sites is 1. The molecule has 1 N–H and O–H groups in total. The molecule has 0 aliphatic heterocycles. The molecule has 0 radical (unpaired) electrons. The zero-order chi connectivity index (χ0) is 25.7. The highest BCUT2D eigenvalue weighted by molar-refractivity contribution is 6.00. The first-order valence-corrected chi connectivity index (χ1v) is 12.7. The van der Waals surface area contributed by atoms with E-state index in [4.69, 9.17) is 4.74 Å². The van der Waals surface area contributed by atoms with E-state index < -0.39 is 5.54 Å². The summed E-state index contributed by atoms with van der Waals surface area (Å²) in [6, 6.07) is 24.7. The molecule has 1 fully saturated rings. The molecule has 2 amide bonds. The monoisotopic (exact) mass is 497 g/mol. The van der Waals surface area contributed by atoms with Gasteiger partial charge in [0, 0.05) is 12.2 Å². The number of carbonyl (C=O) groups excluding carboxylic acids is 2. The summed E-state index contributed by atoms with van der Waals surface area (Å²) in [5, 5.41) is 11.5. The number of benzene rings is 3. The minimum absolute atomic E-state index is 0.00487. The molecule has 4 aromatic rings. The summed E-state index contributed by atoms with van der Waals surface area (Å²) in [4.78, 5) is 29.8. The molecule has 1 saturated carbocycles. The highest BCUT2D eigenvalue weighted by Crippen LogP contribution is 2.37. The second-order valence-corrected chi connectivity index (χ2v) is 9.48. The van der Waals surface area contributed by atoms with Gasteiger partial charge in [-0.05, 0) is 54.8 Å². The lowest BCUT2D eigenvalue weighted by molar-refractivity contribution is -0.149. The van der Waals surface area contributed by atoms with Crippen LogP contribution in [0.4, 0.5) is 5.69 Å². The molecule has 0 spiro atoms. The molecule has 3 aromatic carbocycles. The van der Waals surface area contributed by atoms with E-state index in [0.29, 0.717) is 30.8 Å². The van der Waals surface area contributed by atoms with Gasteiger partial charge in [-0.25, -0.2) is 4.68 Å². The van der Waals surface area contributed by atoms with Crippen molar-refractivity contribution in [1.82, 2.24) is 19.9 Å². The van der Waals surface area contributed by atoms with E-state index in [1.807, 2.05) is 78.9 Å². The lowest BCUT2D eigenvalue weighted by Gasteiger charge is -2.45. The van der Waals surface area contributed by atoms with E-state index in [0.717, 1.165) is 35.9 Å². The van der Waals surface area contributed by atoms with Crippen molar-refractivity contribution in [3.63, 3.8) is 0 Å². The van der Waals surface area contributed by atoms with Crippen molar-refractivity contribution in [2.75, 3.05) is 12.4 Å². The third kappa shape index (κ3) is 5.18. The number of rotatable bonds is 8. The Balaban J connectivity index is 1.49. The molecular formula is C29H31N5O3. The van der Waals surface area contributed by atoms with Gasteiger partial charge in [-0.2, -0.15) is 0 Å². The zero-order valence-corrected chi connectivity index (χ0v) is 21.0. The maximum atomic E-state index is 14.0. The second kappa shape index (κ2) is 10.8. The van der Waals surface area contributed by atoms with E-state index in [-0.39, 0.29) is 18.4 Å². The van der Waals surface area contributed by atoms with Crippen LogP contribution in [-0.4, -0.2) is 44.4 Å². The summed E-state index contributed by atoms with van der Waals surface area (Å²) < 4.78 is 6.87. The number of hydrogen-bond donors (Lipinski definition) is 1. The van der Waals surface area contributed by atoms with Gasteiger partial charge < -0.3 is 15.0 Å². The summed E-state index contributed by atoms with van der Waals surface area (Å²) in [5.41, 5.74) is 2.19. The topological polar surface area (TPSA) is 89.4 Å². The first-order valence-electron chi connectivity index (χ1n) is 12.7. The summed E-state index contributed by atoms with van der Waals surface area (Å²) in [6.07, 6.45) is 4.00. The molecule has 0 atom stereocenters. The molecule has 1 aliphatic carbocycles. The fourth-order valence-electron chi connectivity index (χ4n) is 5.17. The minimum atomic E-state index is -0.971. The highest BCUT2D eigenvalue weighted by atomic mass is 16.5. The predicted octanol–water partition coefficient (Wildman–Crippen LogP) is 4.81. The van der Waals surface area contributed by atoms with Crippen LogP contribution in [0, 0.1) is 0 Å². The molecule has 0 saturated heterocycles. The Morgan fingerprint density at radius 1 is 0.946 bits per heavy atom. The SMILES string of the molecule is COc1ccc(NC(=O)C2(N(Cc3ccccc3)C(=O)Cn3nnc4ccccc43)CCCCC2)cc1. The standard InChI is InChI=1S/C29H31N5O3/c1-37-24-16-14-23(15-17-24)30-28(36)29(18-8-3-9-19-29)33(20-22-10-4-2-5-11-22)27(35)21-34-26-13-7-6-12-25(26)31-32-34/h2,4-7,10-17H,3,8-9,18-21H2,1H3,(H,30,36). The molecule has 5 rings (SSSR count). The number of nitrogens with one attached hydrogen (secondary N) is 1. The molecule has 8 heteroatoms. The first-order chi connectivity index (χ1) is 18.1. The van der Waals surface area contributed by atoms with Crippen LogP contribution < -0.4 is 10.1 Å². The average Bonchev–Trinajstić information content (AvgIpc) is 3.35. The van der Waals surface area contributed by atoms with Crippen molar-refractivity contribution in [3.8, 4) is 5.75 Å². The van der Waals surface area contributed by atoms with Crippen LogP contribution in [0.2, 0.25) is 0 Å². The lowest BCUT2D eigenvalue weighted by Crippen LogP contribution is -2.60. The predicted molar refractivity (Wildman–Crippen MR) is 142 cm³/mol. The van der Waals surface area contributed by atoms with Crippen LogP contribution in [0.25, 0.3) is 11.0 Å². The van der Waals surface area contributed by atoms with Crippen molar-refractivity contribution >= 4 is 28.5 Å². The number of amides is 2. The Labute approximate surface area is 216 Å². The van der Waals surface area contributed by atoms with Gasteiger partial charge in [0.2, 0.25) is 11.8 Å². The minimum Gasteiger partial charge on any atom is -0.497 e. The number of methoxy groups -OCH3 is 1. The van der Waals surface area contributed by atoms with E-state index in [1.165, 1.54) is 0 Å². The molecule has 37 heavy (non-hydrogen) atoms. The Morgan fingerprint density at radius 3 is 2.38 bits per heavy atom. The van der Waals surface area contributed by atoms with Crippen molar-refractivity contribution in [2.45, 2.75) is 50.7 Å². The summed E-state index contributed by atoms with van der Waals surface area (Å²) in [6.45, 7) is 0.341. The van der Waals surface area contributed by atoms with E-state index >= 15 is 0 Å². The largest absolute Gasteiger partial charge is 0.497 e. The van der Waals surface area contributed by atoms with Gasteiger partial charge in [-0.3, -0.25) is 9.59 Å². The normalized spacial score (nSPS) is 14.7. The molecular weight excluding hydrogens is 466 g/mol. The molecule has 0 unspecified atom stereocenters. The first kappa shape index (κ1) is 24.5. The van der Waals surface area contributed by atoms with E-state index in [1.54, 1.807) is 16.7 Å². The number of carbonyl (C=O) groups is 2. The summed E-state index contributed by atoms with van der Waals surface area (Å²) >= 11 is 0. The average molecular weight is 498 g/mol. The number of fused-ring (bicyclic) bond motifs is 1. The fraction of sp³-hybridized carbons (Fsp3) is 0.310. The van der Waals surface area contributed by atoms with Crippen molar-refractivity contribution in [2.24, 2.45) is 0 Å². The number of nitrogens with zero attached hydrogens (tertiary/aromatic N) is 4. The van der Waals surface area contributed by atoms with Crippen molar-refractivity contribution in [3.05, 3.63) is 84.4 Å². The van der Waals surface area contributed by atoms with Gasteiger partial charge in [0.1, 0.15) is 23.3 Å². The Morgan fingerprint density at radius 2 is 1.65 bits per heavy atom. The van der Waals surface area contributed by atoms with Crippen LogP contribution >= 0.6 is 0 Å². The number of hydrogen-bond acceptors (Lipinski definition) is 5. The van der Waals surface area contributed by atoms with Crippen LogP contribution in [0.3, 0.4) is 0 Å². The summed E-state index contributed by atoms with van der Waals surface area (Å²) in [5.74, 6) is 0.391. The van der Waals surface area contributed by atoms with Gasteiger partial charge >= 0.3 is 0 Å². The molecule has 0 bridgehead atoms. The number of ether oxygens (including phenoxy) is 1.